The van der Waals surface area contributed by atoms with Crippen LogP contribution in [0.3, 0.4) is 0 Å². The molecule has 0 saturated heterocycles. The maximum atomic E-state index is 13.1. The highest BCUT2D eigenvalue weighted by Crippen LogP contribution is 2.45. The Morgan fingerprint density at radius 1 is 0.885 bits per heavy atom. The SMILES string of the molecule is CC1Cc2ccccc2N1C(=O)C1CC1C(=O)N1CCc2ccccc21. The second kappa shape index (κ2) is 5.70. The van der Waals surface area contributed by atoms with E-state index in [1.54, 1.807) is 0 Å². The predicted molar refractivity (Wildman–Crippen MR) is 101 cm³/mol. The van der Waals surface area contributed by atoms with Gasteiger partial charge in [-0.2, -0.15) is 0 Å². The van der Waals surface area contributed by atoms with E-state index < -0.39 is 0 Å². The maximum Gasteiger partial charge on any atom is 0.231 e. The van der Waals surface area contributed by atoms with E-state index in [4.69, 9.17) is 0 Å². The lowest BCUT2D eigenvalue weighted by molar-refractivity contribution is -0.124. The van der Waals surface area contributed by atoms with Gasteiger partial charge in [0.05, 0.1) is 11.8 Å². The molecule has 1 fully saturated rings. The number of fused-ring (bicyclic) bond motifs is 2. The largest absolute Gasteiger partial charge is 0.312 e. The van der Waals surface area contributed by atoms with E-state index in [0.717, 1.165) is 30.8 Å². The smallest absolute Gasteiger partial charge is 0.231 e. The maximum absolute atomic E-state index is 13.1. The summed E-state index contributed by atoms with van der Waals surface area (Å²) in [7, 11) is 0. The molecular weight excluding hydrogens is 324 g/mol. The summed E-state index contributed by atoms with van der Waals surface area (Å²) in [6.45, 7) is 2.83. The van der Waals surface area contributed by atoms with E-state index in [2.05, 4.69) is 19.1 Å². The summed E-state index contributed by atoms with van der Waals surface area (Å²) in [6, 6.07) is 16.4. The fraction of sp³-hybridized carbons (Fsp3) is 0.364. The molecule has 0 radical (unpaired) electrons. The van der Waals surface area contributed by atoms with Gasteiger partial charge in [-0.05, 0) is 49.4 Å². The van der Waals surface area contributed by atoms with Crippen LogP contribution in [-0.4, -0.2) is 24.4 Å². The van der Waals surface area contributed by atoms with E-state index in [1.165, 1.54) is 11.1 Å². The predicted octanol–water partition coefficient (Wildman–Crippen LogP) is 3.19. The Morgan fingerprint density at radius 3 is 2.35 bits per heavy atom. The van der Waals surface area contributed by atoms with E-state index in [1.807, 2.05) is 46.2 Å². The fourth-order valence-corrected chi connectivity index (χ4v) is 4.59. The minimum Gasteiger partial charge on any atom is -0.312 e. The Bertz CT molecular complexity index is 907. The normalized spacial score (nSPS) is 25.8. The molecule has 0 bridgehead atoms. The molecule has 2 heterocycles. The molecule has 26 heavy (non-hydrogen) atoms. The molecule has 0 aromatic heterocycles. The van der Waals surface area contributed by atoms with Gasteiger partial charge in [-0.3, -0.25) is 9.59 Å². The van der Waals surface area contributed by atoms with E-state index in [-0.39, 0.29) is 29.7 Å². The Labute approximate surface area is 153 Å². The number of nitrogens with zero attached hydrogens (tertiary/aromatic N) is 2. The molecule has 3 atom stereocenters. The number of hydrogen-bond acceptors (Lipinski definition) is 2. The average Bonchev–Trinajstić information content (AvgIpc) is 3.22. The molecule has 2 amide bonds. The van der Waals surface area contributed by atoms with Crippen molar-refractivity contribution in [3.05, 3.63) is 59.7 Å². The van der Waals surface area contributed by atoms with Gasteiger partial charge in [0.1, 0.15) is 0 Å². The van der Waals surface area contributed by atoms with Crippen molar-refractivity contribution in [2.45, 2.75) is 32.2 Å². The van der Waals surface area contributed by atoms with Crippen LogP contribution in [0.5, 0.6) is 0 Å². The van der Waals surface area contributed by atoms with Gasteiger partial charge >= 0.3 is 0 Å². The average molecular weight is 346 g/mol. The van der Waals surface area contributed by atoms with Crippen LogP contribution in [0, 0.1) is 11.8 Å². The zero-order chi connectivity index (χ0) is 17.8. The van der Waals surface area contributed by atoms with Crippen molar-refractivity contribution < 1.29 is 9.59 Å². The van der Waals surface area contributed by atoms with Crippen molar-refractivity contribution in [1.82, 2.24) is 0 Å². The summed E-state index contributed by atoms with van der Waals surface area (Å²) < 4.78 is 0. The third kappa shape index (κ3) is 2.28. The van der Waals surface area contributed by atoms with Crippen molar-refractivity contribution in [1.29, 1.82) is 0 Å². The molecular formula is C22H22N2O2. The summed E-state index contributed by atoms with van der Waals surface area (Å²) in [4.78, 5) is 29.9. The third-order valence-electron chi connectivity index (χ3n) is 6.02. The van der Waals surface area contributed by atoms with Crippen molar-refractivity contribution >= 4 is 23.2 Å². The van der Waals surface area contributed by atoms with Crippen LogP contribution in [-0.2, 0) is 22.4 Å². The first-order valence-electron chi connectivity index (χ1n) is 9.45. The van der Waals surface area contributed by atoms with Crippen molar-refractivity contribution in [3.63, 3.8) is 0 Å². The quantitative estimate of drug-likeness (QED) is 0.838. The first-order chi connectivity index (χ1) is 12.6. The van der Waals surface area contributed by atoms with Crippen LogP contribution in [0.25, 0.3) is 0 Å². The van der Waals surface area contributed by atoms with Crippen LogP contribution >= 0.6 is 0 Å². The van der Waals surface area contributed by atoms with Crippen molar-refractivity contribution in [3.8, 4) is 0 Å². The molecule has 4 heteroatoms. The highest BCUT2D eigenvalue weighted by atomic mass is 16.2. The Balaban J connectivity index is 1.34. The number of anilines is 2. The molecule has 2 aromatic carbocycles. The van der Waals surface area contributed by atoms with Crippen LogP contribution < -0.4 is 9.80 Å². The number of para-hydroxylation sites is 2. The van der Waals surface area contributed by atoms with Crippen LogP contribution in [0.4, 0.5) is 11.4 Å². The van der Waals surface area contributed by atoms with Gasteiger partial charge in [-0.15, -0.1) is 0 Å². The summed E-state index contributed by atoms with van der Waals surface area (Å²) in [5.41, 5.74) is 4.50. The molecule has 2 aliphatic heterocycles. The standard InChI is InChI=1S/C22H22N2O2/c1-14-12-16-7-3-5-9-20(16)24(14)22(26)18-13-17(18)21(25)23-11-10-15-6-2-4-8-19(15)23/h2-9,14,17-18H,10-13H2,1H3. The lowest BCUT2D eigenvalue weighted by Gasteiger charge is -2.23. The molecule has 5 rings (SSSR count). The number of carbonyl (C=O) groups is 2. The number of amides is 2. The minimum absolute atomic E-state index is 0.119. The molecule has 4 nitrogen and oxygen atoms in total. The van der Waals surface area contributed by atoms with Gasteiger partial charge < -0.3 is 9.80 Å². The van der Waals surface area contributed by atoms with Crippen molar-refractivity contribution in [2.75, 3.05) is 16.3 Å². The third-order valence-corrected chi connectivity index (χ3v) is 6.02. The van der Waals surface area contributed by atoms with E-state index >= 15 is 0 Å². The molecule has 1 aliphatic carbocycles. The highest BCUT2D eigenvalue weighted by molar-refractivity contribution is 6.06. The van der Waals surface area contributed by atoms with Gasteiger partial charge in [-0.25, -0.2) is 0 Å². The monoisotopic (exact) mass is 346 g/mol. The molecule has 3 aliphatic rings. The summed E-state index contributed by atoms with van der Waals surface area (Å²) in [6.07, 6.45) is 2.48. The molecule has 1 saturated carbocycles. The lowest BCUT2D eigenvalue weighted by atomic mass is 10.1. The number of carbonyl (C=O) groups excluding carboxylic acids is 2. The molecule has 0 spiro atoms. The van der Waals surface area contributed by atoms with Gasteiger partial charge in [-0.1, -0.05) is 36.4 Å². The Hall–Kier alpha value is -2.62. The first-order valence-corrected chi connectivity index (χ1v) is 9.45. The second-order valence-corrected chi connectivity index (χ2v) is 7.71. The minimum atomic E-state index is -0.163. The molecule has 3 unspecified atom stereocenters. The van der Waals surface area contributed by atoms with Crippen LogP contribution in [0.15, 0.2) is 48.5 Å². The second-order valence-electron chi connectivity index (χ2n) is 7.71. The zero-order valence-electron chi connectivity index (χ0n) is 14.9. The van der Waals surface area contributed by atoms with E-state index in [9.17, 15) is 9.59 Å². The lowest BCUT2D eigenvalue weighted by Crippen LogP contribution is -2.38. The van der Waals surface area contributed by atoms with Gasteiger partial charge in [0.25, 0.3) is 0 Å². The fourth-order valence-electron chi connectivity index (χ4n) is 4.59. The van der Waals surface area contributed by atoms with Crippen LogP contribution in [0.2, 0.25) is 0 Å². The first kappa shape index (κ1) is 15.6. The molecule has 132 valence electrons. The Morgan fingerprint density at radius 2 is 1.54 bits per heavy atom. The van der Waals surface area contributed by atoms with Crippen LogP contribution in [0.1, 0.15) is 24.5 Å². The number of benzene rings is 2. The molecule has 0 N–H and O–H groups in total. The Kier molecular flexibility index (Phi) is 3.42. The van der Waals surface area contributed by atoms with E-state index in [0.29, 0.717) is 6.42 Å². The van der Waals surface area contributed by atoms with Gasteiger partial charge in [0.2, 0.25) is 11.8 Å². The zero-order valence-corrected chi connectivity index (χ0v) is 14.9. The topological polar surface area (TPSA) is 40.6 Å². The van der Waals surface area contributed by atoms with Crippen molar-refractivity contribution in [2.24, 2.45) is 11.8 Å². The van der Waals surface area contributed by atoms with Gasteiger partial charge in [0.15, 0.2) is 0 Å². The number of rotatable bonds is 2. The summed E-state index contributed by atoms with van der Waals surface area (Å²) in [5.74, 6) is -0.0841. The van der Waals surface area contributed by atoms with Gasteiger partial charge in [0, 0.05) is 24.0 Å². The summed E-state index contributed by atoms with van der Waals surface area (Å²) >= 11 is 0. The highest BCUT2D eigenvalue weighted by Gasteiger charge is 2.53. The molecule has 2 aromatic rings. The number of hydrogen-bond donors (Lipinski definition) is 0. The summed E-state index contributed by atoms with van der Waals surface area (Å²) in [5, 5.41) is 0.